The Labute approximate surface area is 214 Å². The maximum Gasteiger partial charge on any atom is 0.416 e. The maximum absolute atomic E-state index is 13.5. The minimum Gasteiger partial charge on any atom is -0.324 e. The number of benzene rings is 3. The van der Waals surface area contributed by atoms with Crippen molar-refractivity contribution in [1.29, 1.82) is 0 Å². The van der Waals surface area contributed by atoms with Gasteiger partial charge in [-0.2, -0.15) is 13.2 Å². The lowest BCUT2D eigenvalue weighted by molar-refractivity contribution is -0.137. The van der Waals surface area contributed by atoms with Gasteiger partial charge in [0.25, 0.3) is 0 Å². The second-order valence-electron chi connectivity index (χ2n) is 9.29. The quantitative estimate of drug-likeness (QED) is 0.374. The van der Waals surface area contributed by atoms with E-state index in [2.05, 4.69) is 5.32 Å². The van der Waals surface area contributed by atoms with Crippen LogP contribution < -0.4 is 10.2 Å². The van der Waals surface area contributed by atoms with Crippen molar-refractivity contribution >= 4 is 23.3 Å². The maximum atomic E-state index is 13.5. The third-order valence-electron chi connectivity index (χ3n) is 6.57. The first-order valence-electron chi connectivity index (χ1n) is 12.4. The Hall–Kier alpha value is -3.81. The summed E-state index contributed by atoms with van der Waals surface area (Å²) in [6, 6.07) is 19.8. The van der Waals surface area contributed by atoms with Crippen LogP contribution in [0.4, 0.5) is 29.3 Å². The number of carbonyl (C=O) groups excluding carboxylic acids is 2. The molecule has 1 heterocycles. The first-order chi connectivity index (χ1) is 17.7. The number of nitrogens with one attached hydrogen (secondary N) is 1. The monoisotopic (exact) mass is 509 g/mol. The number of aryl methyl sites for hydroxylation is 1. The summed E-state index contributed by atoms with van der Waals surface area (Å²) in [6.45, 7) is 4.81. The number of urea groups is 1. The molecule has 0 spiro atoms. The van der Waals surface area contributed by atoms with Gasteiger partial charge in [-0.05, 0) is 60.7 Å². The van der Waals surface area contributed by atoms with Gasteiger partial charge in [-0.25, -0.2) is 4.79 Å². The highest BCUT2D eigenvalue weighted by molar-refractivity contribution is 6.02. The molecule has 0 bridgehead atoms. The molecule has 0 unspecified atom stereocenters. The molecule has 37 heavy (non-hydrogen) atoms. The van der Waals surface area contributed by atoms with E-state index in [0.717, 1.165) is 23.3 Å². The number of hydrogen-bond donors (Lipinski definition) is 1. The van der Waals surface area contributed by atoms with Gasteiger partial charge in [-0.15, -0.1) is 0 Å². The first-order valence-corrected chi connectivity index (χ1v) is 12.4. The molecule has 4 rings (SSSR count). The van der Waals surface area contributed by atoms with Crippen molar-refractivity contribution in [2.24, 2.45) is 0 Å². The fourth-order valence-electron chi connectivity index (χ4n) is 4.68. The summed E-state index contributed by atoms with van der Waals surface area (Å²) in [5.41, 5.74) is 2.62. The van der Waals surface area contributed by atoms with E-state index in [0.29, 0.717) is 42.9 Å². The zero-order valence-electron chi connectivity index (χ0n) is 20.9. The topological polar surface area (TPSA) is 52.7 Å². The Morgan fingerprint density at radius 2 is 1.76 bits per heavy atom. The third-order valence-corrected chi connectivity index (χ3v) is 6.57. The van der Waals surface area contributed by atoms with Gasteiger partial charge in [0.1, 0.15) is 0 Å². The standard InChI is InChI=1S/C29H30F3N3O2/c1-3-24(22-10-5-4-6-11-22)27(36)33-25-17-20(2)13-14-26(25)35-16-8-15-34(28(35)37)19-21-9-7-12-23(18-21)29(30,31)32/h4-7,9-14,17-18,24H,3,8,15-16,19H2,1-2H3,(H,33,36)/t24-/m1/s1. The van der Waals surface area contributed by atoms with Gasteiger partial charge in [0.2, 0.25) is 5.91 Å². The molecule has 1 saturated heterocycles. The van der Waals surface area contributed by atoms with Crippen LogP contribution in [0.1, 0.15) is 47.9 Å². The van der Waals surface area contributed by atoms with Gasteiger partial charge in [-0.3, -0.25) is 9.69 Å². The fraction of sp³-hybridized carbons (Fsp3) is 0.310. The molecular formula is C29H30F3N3O2. The van der Waals surface area contributed by atoms with Gasteiger partial charge in [-0.1, -0.05) is 55.5 Å². The third kappa shape index (κ3) is 6.13. The van der Waals surface area contributed by atoms with Gasteiger partial charge in [0.05, 0.1) is 22.9 Å². The van der Waals surface area contributed by atoms with E-state index in [1.807, 2.05) is 56.3 Å². The molecule has 3 aromatic rings. The van der Waals surface area contributed by atoms with Crippen LogP contribution in [0, 0.1) is 6.92 Å². The molecule has 0 aliphatic carbocycles. The molecule has 5 nitrogen and oxygen atoms in total. The summed E-state index contributed by atoms with van der Waals surface area (Å²) in [4.78, 5) is 29.9. The van der Waals surface area contributed by atoms with Crippen LogP contribution in [0.15, 0.2) is 72.8 Å². The number of amides is 3. The smallest absolute Gasteiger partial charge is 0.324 e. The summed E-state index contributed by atoms with van der Waals surface area (Å²) in [5, 5.41) is 3.03. The molecule has 3 aromatic carbocycles. The lowest BCUT2D eigenvalue weighted by Gasteiger charge is -2.36. The van der Waals surface area contributed by atoms with Crippen molar-refractivity contribution in [2.45, 2.75) is 45.3 Å². The predicted octanol–water partition coefficient (Wildman–Crippen LogP) is 6.98. The van der Waals surface area contributed by atoms with Gasteiger partial charge < -0.3 is 10.2 Å². The van der Waals surface area contributed by atoms with E-state index in [1.54, 1.807) is 21.9 Å². The summed E-state index contributed by atoms with van der Waals surface area (Å²) < 4.78 is 39.5. The van der Waals surface area contributed by atoms with E-state index < -0.39 is 11.7 Å². The molecule has 1 fully saturated rings. The molecule has 1 N–H and O–H groups in total. The lowest BCUT2D eigenvalue weighted by atomic mass is 9.95. The molecular weight excluding hydrogens is 479 g/mol. The van der Waals surface area contributed by atoms with Crippen molar-refractivity contribution in [3.8, 4) is 0 Å². The Bertz CT molecular complexity index is 1260. The summed E-state index contributed by atoms with van der Waals surface area (Å²) in [7, 11) is 0. The first kappa shape index (κ1) is 26.3. The molecule has 3 amide bonds. The molecule has 1 aliphatic rings. The number of carbonyl (C=O) groups is 2. The SMILES string of the molecule is CC[C@@H](C(=O)Nc1cc(C)ccc1N1CCCN(Cc2cccc(C(F)(F)F)c2)C1=O)c1ccccc1. The zero-order valence-corrected chi connectivity index (χ0v) is 20.9. The minimum atomic E-state index is -4.45. The molecule has 0 radical (unpaired) electrons. The Balaban J connectivity index is 1.56. The predicted molar refractivity (Wildman–Crippen MR) is 138 cm³/mol. The average Bonchev–Trinajstić information content (AvgIpc) is 2.87. The van der Waals surface area contributed by atoms with Crippen molar-refractivity contribution in [3.05, 3.63) is 95.1 Å². The molecule has 1 atom stereocenters. The van der Waals surface area contributed by atoms with Gasteiger partial charge in [0.15, 0.2) is 0 Å². The second kappa shape index (κ2) is 11.1. The Morgan fingerprint density at radius 3 is 2.46 bits per heavy atom. The van der Waals surface area contributed by atoms with E-state index >= 15 is 0 Å². The summed E-state index contributed by atoms with van der Waals surface area (Å²) >= 11 is 0. The molecule has 0 saturated carbocycles. The van der Waals surface area contributed by atoms with E-state index in [-0.39, 0.29) is 24.4 Å². The van der Waals surface area contributed by atoms with Gasteiger partial charge >= 0.3 is 12.2 Å². The number of alkyl halides is 3. The summed E-state index contributed by atoms with van der Waals surface area (Å²) in [6.07, 6.45) is -3.18. The average molecular weight is 510 g/mol. The minimum absolute atomic E-state index is 0.0682. The normalized spacial score (nSPS) is 15.0. The van der Waals surface area contributed by atoms with Crippen molar-refractivity contribution in [3.63, 3.8) is 0 Å². The van der Waals surface area contributed by atoms with E-state index in [1.165, 1.54) is 6.07 Å². The van der Waals surface area contributed by atoms with Crippen LogP contribution >= 0.6 is 0 Å². The van der Waals surface area contributed by atoms with Crippen LogP contribution in [-0.2, 0) is 17.5 Å². The van der Waals surface area contributed by atoms with Crippen LogP contribution in [0.5, 0.6) is 0 Å². The van der Waals surface area contributed by atoms with Crippen molar-refractivity contribution < 1.29 is 22.8 Å². The molecule has 1 aliphatic heterocycles. The number of rotatable bonds is 7. The lowest BCUT2D eigenvalue weighted by Crippen LogP contribution is -2.49. The summed E-state index contributed by atoms with van der Waals surface area (Å²) in [5.74, 6) is -0.505. The fourth-order valence-corrected chi connectivity index (χ4v) is 4.68. The molecule has 8 heteroatoms. The highest BCUT2D eigenvalue weighted by atomic mass is 19.4. The van der Waals surface area contributed by atoms with Crippen molar-refractivity contribution in [2.75, 3.05) is 23.3 Å². The highest BCUT2D eigenvalue weighted by Crippen LogP contribution is 2.33. The van der Waals surface area contributed by atoms with Gasteiger partial charge in [0, 0.05) is 19.6 Å². The largest absolute Gasteiger partial charge is 0.416 e. The molecule has 0 aromatic heterocycles. The van der Waals surface area contributed by atoms with Crippen LogP contribution in [0.2, 0.25) is 0 Å². The zero-order chi connectivity index (χ0) is 26.6. The Kier molecular flexibility index (Phi) is 7.86. The molecule has 194 valence electrons. The number of anilines is 2. The van der Waals surface area contributed by atoms with E-state index in [9.17, 15) is 22.8 Å². The number of hydrogen-bond acceptors (Lipinski definition) is 2. The highest BCUT2D eigenvalue weighted by Gasteiger charge is 2.32. The number of nitrogens with zero attached hydrogens (tertiary/aromatic N) is 2. The number of halogens is 3. The van der Waals surface area contributed by atoms with Crippen LogP contribution in [0.25, 0.3) is 0 Å². The van der Waals surface area contributed by atoms with Crippen LogP contribution in [0.3, 0.4) is 0 Å². The van der Waals surface area contributed by atoms with E-state index in [4.69, 9.17) is 0 Å². The Morgan fingerprint density at radius 1 is 1.00 bits per heavy atom. The second-order valence-corrected chi connectivity index (χ2v) is 9.29. The van der Waals surface area contributed by atoms with Crippen molar-refractivity contribution in [1.82, 2.24) is 4.90 Å². The van der Waals surface area contributed by atoms with Crippen LogP contribution in [-0.4, -0.2) is 29.9 Å².